The van der Waals surface area contributed by atoms with Gasteiger partial charge in [-0.2, -0.15) is 0 Å². The summed E-state index contributed by atoms with van der Waals surface area (Å²) in [5, 5.41) is 0. The summed E-state index contributed by atoms with van der Waals surface area (Å²) < 4.78 is 0. The Hall–Kier alpha value is -1.11. The molecule has 0 fully saturated rings. The normalized spacial score (nSPS) is 10.1. The lowest BCUT2D eigenvalue weighted by Gasteiger charge is -2.08. The summed E-state index contributed by atoms with van der Waals surface area (Å²) in [6.45, 7) is 10.0. The van der Waals surface area contributed by atoms with E-state index in [0.29, 0.717) is 0 Å². The summed E-state index contributed by atoms with van der Waals surface area (Å²) in [6.07, 6.45) is 2.14. The molecule has 0 heterocycles. The lowest BCUT2D eigenvalue weighted by Crippen LogP contribution is -1.90. The molecule has 0 aliphatic carbocycles. The number of aliphatic imine (C=N–C) groups is 1. The van der Waals surface area contributed by atoms with Crippen LogP contribution in [-0.4, -0.2) is 6.72 Å². The quantitative estimate of drug-likeness (QED) is 0.624. The van der Waals surface area contributed by atoms with Crippen LogP contribution in [0.25, 0.3) is 0 Å². The number of hydrogen-bond donors (Lipinski definition) is 0. The fraction of sp³-hybridized carbons (Fsp3) is 0.417. The Morgan fingerprint density at radius 1 is 1.23 bits per heavy atom. The summed E-state index contributed by atoms with van der Waals surface area (Å²) in [4.78, 5) is 4.04. The zero-order valence-corrected chi connectivity index (χ0v) is 8.72. The maximum atomic E-state index is 4.04. The van der Waals surface area contributed by atoms with Crippen LogP contribution in [0.5, 0.6) is 0 Å². The van der Waals surface area contributed by atoms with E-state index in [1.807, 2.05) is 0 Å². The Labute approximate surface area is 80.5 Å². The topological polar surface area (TPSA) is 12.4 Å². The maximum absolute atomic E-state index is 4.04. The van der Waals surface area contributed by atoms with Crippen molar-refractivity contribution in [2.24, 2.45) is 4.99 Å². The first kappa shape index (κ1) is 9.97. The van der Waals surface area contributed by atoms with Gasteiger partial charge in [0.05, 0.1) is 5.69 Å². The zero-order valence-electron chi connectivity index (χ0n) is 8.72. The summed E-state index contributed by atoms with van der Waals surface area (Å²) in [7, 11) is 0. The minimum absolute atomic E-state index is 1.04. The molecule has 0 amide bonds. The first-order valence-electron chi connectivity index (χ1n) is 4.82. The maximum Gasteiger partial charge on any atom is 0.0657 e. The average Bonchev–Trinajstić information content (AvgIpc) is 2.18. The predicted octanol–water partition coefficient (Wildman–Crippen LogP) is 3.45. The van der Waals surface area contributed by atoms with E-state index in [2.05, 4.69) is 44.6 Å². The Morgan fingerprint density at radius 3 is 2.38 bits per heavy atom. The van der Waals surface area contributed by atoms with Crippen LogP contribution < -0.4 is 0 Å². The van der Waals surface area contributed by atoms with Crippen LogP contribution in [0.3, 0.4) is 0 Å². The molecular formula is C12H17N. The van der Waals surface area contributed by atoms with Gasteiger partial charge in [-0.15, -0.1) is 0 Å². The molecule has 0 saturated carbocycles. The van der Waals surface area contributed by atoms with Gasteiger partial charge in [0.2, 0.25) is 0 Å². The molecule has 0 aliphatic heterocycles. The van der Waals surface area contributed by atoms with Crippen LogP contribution in [0.2, 0.25) is 0 Å². The third kappa shape index (κ3) is 1.97. The highest BCUT2D eigenvalue weighted by Gasteiger charge is 2.03. The Morgan fingerprint density at radius 2 is 1.92 bits per heavy atom. The predicted molar refractivity (Wildman–Crippen MR) is 59.1 cm³/mol. The second-order valence-electron chi connectivity index (χ2n) is 3.26. The molecule has 0 spiro atoms. The highest BCUT2D eigenvalue weighted by molar-refractivity contribution is 5.56. The summed E-state index contributed by atoms with van der Waals surface area (Å²) >= 11 is 0. The molecular weight excluding hydrogens is 158 g/mol. The first-order chi connectivity index (χ1) is 6.22. The lowest BCUT2D eigenvalue weighted by atomic mass is 10.00. The highest BCUT2D eigenvalue weighted by atomic mass is 14.7. The SMILES string of the molecule is C=Nc1cc(CC)cc(CC)c1C. The van der Waals surface area contributed by atoms with Gasteiger partial charge in [0.15, 0.2) is 0 Å². The van der Waals surface area contributed by atoms with E-state index in [1.165, 1.54) is 16.7 Å². The van der Waals surface area contributed by atoms with Gasteiger partial charge in [0, 0.05) is 0 Å². The molecule has 0 unspecified atom stereocenters. The van der Waals surface area contributed by atoms with Crippen LogP contribution in [-0.2, 0) is 12.8 Å². The molecule has 1 aromatic carbocycles. The number of benzene rings is 1. The molecule has 1 rings (SSSR count). The average molecular weight is 175 g/mol. The summed E-state index contributed by atoms with van der Waals surface area (Å²) in [6, 6.07) is 4.39. The van der Waals surface area contributed by atoms with Crippen molar-refractivity contribution in [3.8, 4) is 0 Å². The number of nitrogens with zero attached hydrogens (tertiary/aromatic N) is 1. The second kappa shape index (κ2) is 4.22. The van der Waals surface area contributed by atoms with E-state index >= 15 is 0 Å². The Kier molecular flexibility index (Phi) is 3.24. The largest absolute Gasteiger partial charge is 0.264 e. The minimum atomic E-state index is 1.04. The van der Waals surface area contributed by atoms with Crippen LogP contribution in [0.4, 0.5) is 5.69 Å². The van der Waals surface area contributed by atoms with Gasteiger partial charge in [-0.3, -0.25) is 4.99 Å². The van der Waals surface area contributed by atoms with Crippen LogP contribution >= 0.6 is 0 Å². The van der Waals surface area contributed by atoms with Crippen LogP contribution in [0.1, 0.15) is 30.5 Å². The van der Waals surface area contributed by atoms with Gasteiger partial charge >= 0.3 is 0 Å². The Balaban J connectivity index is 3.28. The second-order valence-corrected chi connectivity index (χ2v) is 3.26. The smallest absolute Gasteiger partial charge is 0.0657 e. The fourth-order valence-electron chi connectivity index (χ4n) is 1.56. The minimum Gasteiger partial charge on any atom is -0.264 e. The molecule has 70 valence electrons. The first-order valence-corrected chi connectivity index (χ1v) is 4.82. The molecule has 0 N–H and O–H groups in total. The molecule has 0 bridgehead atoms. The number of aryl methyl sites for hydroxylation is 2. The third-order valence-electron chi connectivity index (χ3n) is 2.51. The van der Waals surface area contributed by atoms with E-state index < -0.39 is 0 Å². The Bertz CT molecular complexity index is 313. The summed E-state index contributed by atoms with van der Waals surface area (Å²) in [5.41, 5.74) is 5.05. The lowest BCUT2D eigenvalue weighted by molar-refractivity contribution is 1.06. The van der Waals surface area contributed by atoms with Gasteiger partial charge in [0.25, 0.3) is 0 Å². The van der Waals surface area contributed by atoms with Gasteiger partial charge < -0.3 is 0 Å². The molecule has 0 radical (unpaired) electrons. The molecule has 0 aromatic heterocycles. The molecule has 0 atom stereocenters. The monoisotopic (exact) mass is 175 g/mol. The number of hydrogen-bond acceptors (Lipinski definition) is 1. The van der Waals surface area contributed by atoms with E-state index in [0.717, 1.165) is 18.5 Å². The van der Waals surface area contributed by atoms with Gasteiger partial charge in [-0.25, -0.2) is 0 Å². The standard InChI is InChI=1S/C12H17N/c1-5-10-7-11(6-2)9(3)12(8-10)13-4/h7-8H,4-6H2,1-3H3. The van der Waals surface area contributed by atoms with Crippen molar-refractivity contribution in [2.75, 3.05) is 0 Å². The molecule has 0 saturated heterocycles. The molecule has 1 aromatic rings. The van der Waals surface area contributed by atoms with Crippen LogP contribution in [0.15, 0.2) is 17.1 Å². The van der Waals surface area contributed by atoms with Crippen molar-refractivity contribution in [1.82, 2.24) is 0 Å². The van der Waals surface area contributed by atoms with Crippen molar-refractivity contribution in [3.05, 3.63) is 28.8 Å². The number of rotatable bonds is 3. The van der Waals surface area contributed by atoms with Crippen molar-refractivity contribution in [3.63, 3.8) is 0 Å². The summed E-state index contributed by atoms with van der Waals surface area (Å²) in [5.74, 6) is 0. The van der Waals surface area contributed by atoms with Crippen molar-refractivity contribution < 1.29 is 0 Å². The molecule has 13 heavy (non-hydrogen) atoms. The van der Waals surface area contributed by atoms with E-state index in [-0.39, 0.29) is 0 Å². The molecule has 1 heteroatoms. The van der Waals surface area contributed by atoms with Gasteiger partial charge in [0.1, 0.15) is 0 Å². The van der Waals surface area contributed by atoms with E-state index in [1.54, 1.807) is 0 Å². The third-order valence-corrected chi connectivity index (χ3v) is 2.51. The van der Waals surface area contributed by atoms with E-state index in [9.17, 15) is 0 Å². The zero-order chi connectivity index (χ0) is 9.84. The van der Waals surface area contributed by atoms with Crippen molar-refractivity contribution >= 4 is 12.4 Å². The van der Waals surface area contributed by atoms with E-state index in [4.69, 9.17) is 0 Å². The highest BCUT2D eigenvalue weighted by Crippen LogP contribution is 2.24. The fourth-order valence-corrected chi connectivity index (χ4v) is 1.56. The molecule has 0 aliphatic rings. The van der Waals surface area contributed by atoms with Crippen molar-refractivity contribution in [2.45, 2.75) is 33.6 Å². The molecule has 1 nitrogen and oxygen atoms in total. The van der Waals surface area contributed by atoms with Gasteiger partial charge in [-0.1, -0.05) is 19.9 Å². The van der Waals surface area contributed by atoms with Gasteiger partial charge in [-0.05, 0) is 49.2 Å². The van der Waals surface area contributed by atoms with Crippen LogP contribution in [0, 0.1) is 6.92 Å². The van der Waals surface area contributed by atoms with Crippen molar-refractivity contribution in [1.29, 1.82) is 0 Å².